The van der Waals surface area contributed by atoms with Crippen LogP contribution in [0.5, 0.6) is 0 Å². The first kappa shape index (κ1) is 11.7. The van der Waals surface area contributed by atoms with Crippen molar-refractivity contribution in [3.05, 3.63) is 12.4 Å². The molecule has 98 valence electrons. The normalized spacial score (nSPS) is 20.9. The van der Waals surface area contributed by atoms with Crippen molar-refractivity contribution in [3.63, 3.8) is 0 Å². The van der Waals surface area contributed by atoms with Crippen LogP contribution in [-0.2, 0) is 4.74 Å². The van der Waals surface area contributed by atoms with Crippen LogP contribution >= 0.6 is 0 Å². The highest BCUT2D eigenvalue weighted by Gasteiger charge is 2.28. The van der Waals surface area contributed by atoms with E-state index in [0.29, 0.717) is 6.10 Å². The molecule has 2 saturated heterocycles. The van der Waals surface area contributed by atoms with Crippen LogP contribution in [0.1, 0.15) is 0 Å². The lowest BCUT2D eigenvalue weighted by Gasteiger charge is -2.38. The Morgan fingerprint density at radius 1 is 1.17 bits per heavy atom. The lowest BCUT2D eigenvalue weighted by Crippen LogP contribution is -2.52. The van der Waals surface area contributed by atoms with E-state index in [2.05, 4.69) is 25.1 Å². The van der Waals surface area contributed by atoms with Crippen molar-refractivity contribution in [1.82, 2.24) is 15.3 Å². The molecule has 18 heavy (non-hydrogen) atoms. The van der Waals surface area contributed by atoms with E-state index >= 15 is 0 Å². The van der Waals surface area contributed by atoms with Crippen molar-refractivity contribution >= 4 is 11.6 Å². The van der Waals surface area contributed by atoms with E-state index in [1.165, 1.54) is 0 Å². The van der Waals surface area contributed by atoms with E-state index < -0.39 is 0 Å². The van der Waals surface area contributed by atoms with Crippen molar-refractivity contribution in [3.8, 4) is 0 Å². The second kappa shape index (κ2) is 5.07. The van der Waals surface area contributed by atoms with Gasteiger partial charge in [-0.15, -0.1) is 0 Å². The smallest absolute Gasteiger partial charge is 0.225 e. The maximum Gasteiger partial charge on any atom is 0.225 e. The maximum atomic E-state index is 5.24. The lowest BCUT2D eigenvalue weighted by molar-refractivity contribution is 0.0778. The number of methoxy groups -OCH3 is 1. The van der Waals surface area contributed by atoms with E-state index in [0.717, 1.165) is 50.9 Å². The third kappa shape index (κ3) is 2.26. The third-order valence-corrected chi connectivity index (χ3v) is 3.57. The van der Waals surface area contributed by atoms with Crippen molar-refractivity contribution in [2.75, 3.05) is 56.2 Å². The first-order chi connectivity index (χ1) is 8.86. The highest BCUT2D eigenvalue weighted by molar-refractivity contribution is 5.46. The largest absolute Gasteiger partial charge is 0.378 e. The zero-order valence-electron chi connectivity index (χ0n) is 10.7. The lowest BCUT2D eigenvalue weighted by atomic mass is 10.2. The van der Waals surface area contributed by atoms with Crippen LogP contribution < -0.4 is 15.1 Å². The van der Waals surface area contributed by atoms with Gasteiger partial charge in [-0.05, 0) is 0 Å². The molecule has 0 saturated carbocycles. The molecule has 1 aromatic rings. The Hall–Kier alpha value is -1.40. The van der Waals surface area contributed by atoms with Gasteiger partial charge in [0.15, 0.2) is 0 Å². The average Bonchev–Trinajstić information content (AvgIpc) is 2.39. The van der Waals surface area contributed by atoms with E-state index in [1.807, 2.05) is 12.4 Å². The number of rotatable bonds is 3. The van der Waals surface area contributed by atoms with Crippen LogP contribution in [-0.4, -0.2) is 62.5 Å². The Balaban J connectivity index is 1.62. The second-order valence-corrected chi connectivity index (χ2v) is 4.74. The van der Waals surface area contributed by atoms with Gasteiger partial charge in [0.25, 0.3) is 0 Å². The molecule has 1 N–H and O–H groups in total. The minimum absolute atomic E-state index is 0.335. The van der Waals surface area contributed by atoms with Gasteiger partial charge in [0.1, 0.15) is 0 Å². The summed E-state index contributed by atoms with van der Waals surface area (Å²) in [5.74, 6) is 0.808. The molecule has 3 heterocycles. The highest BCUT2D eigenvalue weighted by atomic mass is 16.5. The molecular formula is C12H19N5O. The molecule has 0 atom stereocenters. The molecular weight excluding hydrogens is 230 g/mol. The maximum absolute atomic E-state index is 5.24. The molecule has 0 radical (unpaired) electrons. The number of nitrogens with one attached hydrogen (secondary N) is 1. The molecule has 2 fully saturated rings. The SMILES string of the molecule is COC1CN(c2ncc(N3CCNCC3)cn2)C1. The molecule has 0 aliphatic carbocycles. The van der Waals surface area contributed by atoms with Gasteiger partial charge >= 0.3 is 0 Å². The summed E-state index contributed by atoms with van der Waals surface area (Å²) in [4.78, 5) is 13.3. The molecule has 0 unspecified atom stereocenters. The van der Waals surface area contributed by atoms with E-state index in [-0.39, 0.29) is 0 Å². The van der Waals surface area contributed by atoms with Crippen LogP contribution in [0.4, 0.5) is 11.6 Å². The van der Waals surface area contributed by atoms with Gasteiger partial charge in [0.2, 0.25) is 5.95 Å². The summed E-state index contributed by atoms with van der Waals surface area (Å²) < 4.78 is 5.24. The van der Waals surface area contributed by atoms with Crippen LogP contribution in [0.2, 0.25) is 0 Å². The van der Waals surface area contributed by atoms with Gasteiger partial charge in [-0.1, -0.05) is 0 Å². The Bertz CT molecular complexity index is 384. The fourth-order valence-corrected chi connectivity index (χ4v) is 2.31. The molecule has 0 aromatic carbocycles. The van der Waals surface area contributed by atoms with Crippen LogP contribution in [0, 0.1) is 0 Å². The Morgan fingerprint density at radius 3 is 2.44 bits per heavy atom. The monoisotopic (exact) mass is 249 g/mol. The molecule has 1 aromatic heterocycles. The Labute approximate surface area is 107 Å². The molecule has 6 nitrogen and oxygen atoms in total. The highest BCUT2D eigenvalue weighted by Crippen LogP contribution is 2.20. The molecule has 6 heteroatoms. The van der Waals surface area contributed by atoms with Gasteiger partial charge in [-0.25, -0.2) is 9.97 Å². The summed E-state index contributed by atoms with van der Waals surface area (Å²) in [5.41, 5.74) is 1.11. The third-order valence-electron chi connectivity index (χ3n) is 3.57. The fraction of sp³-hybridized carbons (Fsp3) is 0.667. The first-order valence-corrected chi connectivity index (χ1v) is 6.42. The van der Waals surface area contributed by atoms with Crippen molar-refractivity contribution in [1.29, 1.82) is 0 Å². The number of hydrogen-bond donors (Lipinski definition) is 1. The summed E-state index contributed by atoms with van der Waals surface area (Å²) in [6.45, 7) is 5.90. The summed E-state index contributed by atoms with van der Waals surface area (Å²) in [7, 11) is 1.75. The number of piperazine rings is 1. The van der Waals surface area contributed by atoms with E-state index in [9.17, 15) is 0 Å². The summed E-state index contributed by atoms with van der Waals surface area (Å²) in [6.07, 6.45) is 4.18. The summed E-state index contributed by atoms with van der Waals surface area (Å²) >= 11 is 0. The second-order valence-electron chi connectivity index (χ2n) is 4.74. The quantitative estimate of drug-likeness (QED) is 0.795. The zero-order chi connectivity index (χ0) is 12.4. The van der Waals surface area contributed by atoms with E-state index in [4.69, 9.17) is 4.74 Å². The van der Waals surface area contributed by atoms with Gasteiger partial charge < -0.3 is 19.9 Å². The predicted octanol–water partition coefficient (Wildman–Crippen LogP) is -0.279. The number of nitrogens with zero attached hydrogens (tertiary/aromatic N) is 4. The predicted molar refractivity (Wildman–Crippen MR) is 70.1 cm³/mol. The van der Waals surface area contributed by atoms with Gasteiger partial charge in [-0.3, -0.25) is 0 Å². The van der Waals surface area contributed by atoms with Crippen molar-refractivity contribution in [2.24, 2.45) is 0 Å². The molecule has 0 bridgehead atoms. The fourth-order valence-electron chi connectivity index (χ4n) is 2.31. The van der Waals surface area contributed by atoms with E-state index in [1.54, 1.807) is 7.11 Å². The van der Waals surface area contributed by atoms with Crippen LogP contribution in [0.15, 0.2) is 12.4 Å². The van der Waals surface area contributed by atoms with Gasteiger partial charge in [-0.2, -0.15) is 0 Å². The molecule has 2 aliphatic heterocycles. The standard InChI is InChI=1S/C12H19N5O/c1-18-11-8-17(9-11)12-14-6-10(7-15-12)16-4-2-13-3-5-16/h6-7,11,13H,2-5,8-9H2,1H3. The molecule has 3 rings (SSSR count). The van der Waals surface area contributed by atoms with Crippen LogP contribution in [0.3, 0.4) is 0 Å². The number of ether oxygens (including phenoxy) is 1. The summed E-state index contributed by atoms with van der Waals surface area (Å²) in [6, 6.07) is 0. The minimum atomic E-state index is 0.335. The van der Waals surface area contributed by atoms with Crippen molar-refractivity contribution < 1.29 is 4.74 Å². The molecule has 2 aliphatic rings. The topological polar surface area (TPSA) is 53.5 Å². The van der Waals surface area contributed by atoms with Gasteiger partial charge in [0.05, 0.1) is 24.2 Å². The first-order valence-electron chi connectivity index (χ1n) is 6.42. The molecule has 0 amide bonds. The van der Waals surface area contributed by atoms with Crippen LogP contribution in [0.25, 0.3) is 0 Å². The Kier molecular flexibility index (Phi) is 3.29. The number of anilines is 2. The number of hydrogen-bond acceptors (Lipinski definition) is 6. The number of aromatic nitrogens is 2. The Morgan fingerprint density at radius 2 is 1.83 bits per heavy atom. The summed E-state index contributed by atoms with van der Waals surface area (Å²) in [5, 5.41) is 3.34. The molecule has 0 spiro atoms. The zero-order valence-corrected chi connectivity index (χ0v) is 10.7. The van der Waals surface area contributed by atoms with Crippen molar-refractivity contribution in [2.45, 2.75) is 6.10 Å². The average molecular weight is 249 g/mol. The minimum Gasteiger partial charge on any atom is -0.378 e. The van der Waals surface area contributed by atoms with Gasteiger partial charge in [0, 0.05) is 46.4 Å².